The maximum atomic E-state index is 12.4. The molecule has 0 spiro atoms. The molecule has 3 rings (SSSR count). The number of amides is 1. The molecule has 5 nitrogen and oxygen atoms in total. The van der Waals surface area contributed by atoms with Crippen LogP contribution in [0, 0.1) is 0 Å². The number of pyridine rings is 1. The number of aromatic nitrogens is 1. The first-order valence-electron chi connectivity index (χ1n) is 7.72. The standard InChI is InChI=1S/C16H22ClN3O2/c1-16(2,3)22-15(21)20-11-7-8-12(20)10-19(9-11)14-6-4-5-13(17)18-14/h4-6,11-12H,7-10H2,1-3H3/t11-,12+. The molecule has 2 fully saturated rings. The molecular formula is C16H22ClN3O2. The van der Waals surface area contributed by atoms with Crippen LogP contribution in [0.1, 0.15) is 33.6 Å². The van der Waals surface area contributed by atoms with Crippen molar-refractivity contribution in [1.29, 1.82) is 0 Å². The summed E-state index contributed by atoms with van der Waals surface area (Å²) in [4.78, 5) is 20.9. The summed E-state index contributed by atoms with van der Waals surface area (Å²) in [5.74, 6) is 0.883. The van der Waals surface area contributed by atoms with Crippen LogP contribution >= 0.6 is 11.6 Å². The predicted octanol–water partition coefficient (Wildman–Crippen LogP) is 3.32. The van der Waals surface area contributed by atoms with E-state index in [-0.39, 0.29) is 18.2 Å². The van der Waals surface area contributed by atoms with Crippen LogP contribution in [0.4, 0.5) is 10.6 Å². The van der Waals surface area contributed by atoms with Crippen molar-refractivity contribution in [1.82, 2.24) is 9.88 Å². The molecule has 1 amide bonds. The SMILES string of the molecule is CC(C)(C)OC(=O)N1[C@@H]2CC[C@H]1CN(c1cccc(Cl)n1)C2. The molecule has 6 heteroatoms. The Morgan fingerprint density at radius 2 is 1.91 bits per heavy atom. The van der Waals surface area contributed by atoms with E-state index < -0.39 is 5.60 Å². The van der Waals surface area contributed by atoms with Gasteiger partial charge in [-0.2, -0.15) is 0 Å². The molecule has 0 aromatic carbocycles. The number of carbonyl (C=O) groups is 1. The van der Waals surface area contributed by atoms with Crippen LogP contribution in [0.5, 0.6) is 0 Å². The van der Waals surface area contributed by atoms with E-state index in [1.807, 2.05) is 37.8 Å². The minimum atomic E-state index is -0.456. The van der Waals surface area contributed by atoms with Crippen molar-refractivity contribution in [2.45, 2.75) is 51.3 Å². The highest BCUT2D eigenvalue weighted by Crippen LogP contribution is 2.33. The van der Waals surface area contributed by atoms with E-state index in [4.69, 9.17) is 16.3 Å². The van der Waals surface area contributed by atoms with Crippen molar-refractivity contribution in [3.8, 4) is 0 Å². The summed E-state index contributed by atoms with van der Waals surface area (Å²) in [6.07, 6.45) is 1.83. The van der Waals surface area contributed by atoms with Crippen LogP contribution in [0.3, 0.4) is 0 Å². The van der Waals surface area contributed by atoms with Gasteiger partial charge in [-0.15, -0.1) is 0 Å². The van der Waals surface area contributed by atoms with Crippen LogP contribution < -0.4 is 4.90 Å². The van der Waals surface area contributed by atoms with E-state index in [0.717, 1.165) is 31.7 Å². The first-order chi connectivity index (χ1) is 10.3. The van der Waals surface area contributed by atoms with Gasteiger partial charge in [-0.1, -0.05) is 17.7 Å². The number of halogens is 1. The van der Waals surface area contributed by atoms with Crippen LogP contribution in [0.25, 0.3) is 0 Å². The Balaban J connectivity index is 1.73. The minimum Gasteiger partial charge on any atom is -0.444 e. The molecule has 0 radical (unpaired) electrons. The maximum absolute atomic E-state index is 12.4. The number of fused-ring (bicyclic) bond motifs is 2. The summed E-state index contributed by atoms with van der Waals surface area (Å²) in [7, 11) is 0. The summed E-state index contributed by atoms with van der Waals surface area (Å²) in [5, 5.41) is 0.499. The molecule has 1 aromatic rings. The highest BCUT2D eigenvalue weighted by Gasteiger charge is 2.44. The summed E-state index contributed by atoms with van der Waals surface area (Å²) in [6, 6.07) is 6.03. The van der Waals surface area contributed by atoms with E-state index >= 15 is 0 Å². The monoisotopic (exact) mass is 323 g/mol. The fourth-order valence-corrected chi connectivity index (χ4v) is 3.44. The van der Waals surface area contributed by atoms with E-state index in [1.165, 1.54) is 0 Å². The number of piperazine rings is 1. The molecule has 120 valence electrons. The van der Waals surface area contributed by atoms with Crippen molar-refractivity contribution >= 4 is 23.5 Å². The Hall–Kier alpha value is -1.49. The molecule has 2 saturated heterocycles. The molecule has 2 bridgehead atoms. The van der Waals surface area contributed by atoms with Gasteiger partial charge in [0, 0.05) is 13.1 Å². The van der Waals surface area contributed by atoms with Gasteiger partial charge >= 0.3 is 6.09 Å². The van der Waals surface area contributed by atoms with E-state index in [1.54, 1.807) is 6.07 Å². The van der Waals surface area contributed by atoms with Crippen molar-refractivity contribution in [3.05, 3.63) is 23.4 Å². The van der Waals surface area contributed by atoms with E-state index in [0.29, 0.717) is 5.15 Å². The number of rotatable bonds is 1. The highest BCUT2D eigenvalue weighted by molar-refractivity contribution is 6.29. The molecule has 2 aliphatic rings. The molecular weight excluding hydrogens is 302 g/mol. The quantitative estimate of drug-likeness (QED) is 0.744. The summed E-state index contributed by atoms with van der Waals surface area (Å²) < 4.78 is 5.55. The van der Waals surface area contributed by atoms with Gasteiger partial charge in [0.1, 0.15) is 16.6 Å². The average molecular weight is 324 g/mol. The lowest BCUT2D eigenvalue weighted by molar-refractivity contribution is 0.0123. The van der Waals surface area contributed by atoms with Gasteiger partial charge in [0.25, 0.3) is 0 Å². The highest BCUT2D eigenvalue weighted by atomic mass is 35.5. The number of nitrogens with zero attached hydrogens (tertiary/aromatic N) is 3. The van der Waals surface area contributed by atoms with Gasteiger partial charge < -0.3 is 9.64 Å². The molecule has 1 aromatic heterocycles. The summed E-state index contributed by atoms with van der Waals surface area (Å²) in [6.45, 7) is 7.27. The van der Waals surface area contributed by atoms with Gasteiger partial charge in [-0.3, -0.25) is 4.90 Å². The minimum absolute atomic E-state index is 0.189. The third-order valence-electron chi connectivity index (χ3n) is 4.11. The number of ether oxygens (including phenoxy) is 1. The summed E-state index contributed by atoms with van der Waals surface area (Å²) in [5.41, 5.74) is -0.456. The number of hydrogen-bond donors (Lipinski definition) is 0. The lowest BCUT2D eigenvalue weighted by Gasteiger charge is -2.41. The van der Waals surface area contributed by atoms with Crippen LogP contribution in [-0.4, -0.2) is 46.8 Å². The molecule has 3 heterocycles. The zero-order valence-electron chi connectivity index (χ0n) is 13.3. The Kier molecular flexibility index (Phi) is 3.93. The van der Waals surface area contributed by atoms with E-state index in [9.17, 15) is 4.79 Å². The fourth-order valence-electron chi connectivity index (χ4n) is 3.28. The average Bonchev–Trinajstić information content (AvgIpc) is 2.68. The third kappa shape index (κ3) is 3.14. The number of carbonyl (C=O) groups excluding carboxylic acids is 1. The second-order valence-corrected chi connectivity index (χ2v) is 7.38. The van der Waals surface area contributed by atoms with E-state index in [2.05, 4.69) is 9.88 Å². The normalized spacial score (nSPS) is 24.5. The van der Waals surface area contributed by atoms with Gasteiger partial charge in [0.2, 0.25) is 0 Å². The lowest BCUT2D eigenvalue weighted by atomic mass is 10.2. The van der Waals surface area contributed by atoms with Gasteiger partial charge in [-0.25, -0.2) is 9.78 Å². The second-order valence-electron chi connectivity index (χ2n) is 7.00. The molecule has 0 aliphatic carbocycles. The Bertz CT molecular complexity index is 559. The Morgan fingerprint density at radius 3 is 2.45 bits per heavy atom. The molecule has 0 N–H and O–H groups in total. The van der Waals surface area contributed by atoms with Crippen molar-refractivity contribution in [2.24, 2.45) is 0 Å². The molecule has 0 unspecified atom stereocenters. The Labute approximate surface area is 136 Å². The zero-order chi connectivity index (χ0) is 15.9. The zero-order valence-corrected chi connectivity index (χ0v) is 14.0. The molecule has 2 aliphatic heterocycles. The maximum Gasteiger partial charge on any atom is 0.410 e. The van der Waals surface area contributed by atoms with Crippen molar-refractivity contribution in [3.63, 3.8) is 0 Å². The summed E-state index contributed by atoms with van der Waals surface area (Å²) >= 11 is 5.98. The topological polar surface area (TPSA) is 45.7 Å². The molecule has 22 heavy (non-hydrogen) atoms. The fraction of sp³-hybridized carbons (Fsp3) is 0.625. The van der Waals surface area contributed by atoms with Gasteiger partial charge in [0.05, 0.1) is 12.1 Å². The number of anilines is 1. The molecule has 2 atom stereocenters. The lowest BCUT2D eigenvalue weighted by Crippen LogP contribution is -2.57. The first kappa shape index (κ1) is 15.4. The first-order valence-corrected chi connectivity index (χ1v) is 8.10. The van der Waals surface area contributed by atoms with Gasteiger partial charge in [0.15, 0.2) is 0 Å². The van der Waals surface area contributed by atoms with Gasteiger partial charge in [-0.05, 0) is 45.7 Å². The molecule has 0 saturated carbocycles. The Morgan fingerprint density at radius 1 is 1.27 bits per heavy atom. The number of hydrogen-bond acceptors (Lipinski definition) is 4. The predicted molar refractivity (Wildman–Crippen MR) is 86.3 cm³/mol. The second kappa shape index (κ2) is 5.61. The van der Waals surface area contributed by atoms with Crippen molar-refractivity contribution in [2.75, 3.05) is 18.0 Å². The van der Waals surface area contributed by atoms with Crippen LogP contribution in [0.2, 0.25) is 5.15 Å². The third-order valence-corrected chi connectivity index (χ3v) is 4.32. The smallest absolute Gasteiger partial charge is 0.410 e. The van der Waals surface area contributed by atoms with Crippen LogP contribution in [0.15, 0.2) is 18.2 Å². The largest absolute Gasteiger partial charge is 0.444 e. The van der Waals surface area contributed by atoms with Crippen LogP contribution in [-0.2, 0) is 4.74 Å². The van der Waals surface area contributed by atoms with Crippen molar-refractivity contribution < 1.29 is 9.53 Å².